The van der Waals surface area contributed by atoms with Gasteiger partial charge < -0.3 is 9.15 Å². The van der Waals surface area contributed by atoms with E-state index in [1.807, 2.05) is 6.07 Å². The molecule has 0 N–H and O–H groups in total. The Labute approximate surface area is 213 Å². The maximum Gasteiger partial charge on any atom is 0.342 e. The number of hydrogen-bond donors (Lipinski definition) is 0. The molecule has 0 aliphatic heterocycles. The number of hydrogen-bond acceptors (Lipinski definition) is 6. The minimum absolute atomic E-state index is 0.0338. The monoisotopic (exact) mass is 523 g/mol. The molecule has 9 heteroatoms. The Hall–Kier alpha value is -3.88. The van der Waals surface area contributed by atoms with E-state index in [-0.39, 0.29) is 22.8 Å². The number of carbonyl (C=O) groups is 2. The normalized spacial score (nSPS) is 11.6. The van der Waals surface area contributed by atoms with Crippen molar-refractivity contribution in [1.82, 2.24) is 0 Å². The summed E-state index contributed by atoms with van der Waals surface area (Å²) in [6, 6.07) is 18.9. The van der Waals surface area contributed by atoms with E-state index in [9.17, 15) is 18.0 Å². The van der Waals surface area contributed by atoms with Gasteiger partial charge in [0.1, 0.15) is 16.9 Å². The molecule has 0 saturated carbocycles. The first kappa shape index (κ1) is 25.2. The lowest BCUT2D eigenvalue weighted by Gasteiger charge is -2.21. The van der Waals surface area contributed by atoms with Crippen LogP contribution in [0.5, 0.6) is 0 Å². The lowest BCUT2D eigenvalue weighted by atomic mass is 10.1. The zero-order valence-electron chi connectivity index (χ0n) is 19.5. The molecule has 1 heterocycles. The van der Waals surface area contributed by atoms with Crippen LogP contribution in [0.25, 0.3) is 17.0 Å². The van der Waals surface area contributed by atoms with E-state index in [2.05, 4.69) is 0 Å². The van der Waals surface area contributed by atoms with E-state index in [1.165, 1.54) is 54.6 Å². The average molecular weight is 524 g/mol. The molecule has 0 radical (unpaired) electrons. The van der Waals surface area contributed by atoms with Crippen LogP contribution in [0.2, 0.25) is 5.02 Å². The van der Waals surface area contributed by atoms with Gasteiger partial charge in [0, 0.05) is 16.5 Å². The van der Waals surface area contributed by atoms with E-state index in [0.717, 1.165) is 5.56 Å². The molecule has 0 atom stereocenters. The number of fused-ring (bicyclic) bond motifs is 1. The zero-order valence-corrected chi connectivity index (χ0v) is 21.0. The highest BCUT2D eigenvalue weighted by molar-refractivity contribution is 7.93. The summed E-state index contributed by atoms with van der Waals surface area (Å²) in [6.45, 7) is 3.45. The maximum atomic E-state index is 13.7. The Bertz CT molecular complexity index is 1560. The molecule has 4 aromatic rings. The molecule has 4 rings (SSSR count). The number of furan rings is 1. The second kappa shape index (κ2) is 10.4. The van der Waals surface area contributed by atoms with Crippen molar-refractivity contribution in [3.05, 3.63) is 101 Å². The molecule has 184 valence electrons. The highest BCUT2D eigenvalue weighted by atomic mass is 35.5. The standard InChI is InChI=1S/C27H22ClNO6S/c1-3-34-27(31)26-18(2)35-24-15-12-21(17-23(24)26)29(25(30)16-9-19-7-5-4-6-8-19)36(32,33)22-13-10-20(28)11-14-22/h4-17H,3H2,1-2H3/b16-9+. The smallest absolute Gasteiger partial charge is 0.342 e. The summed E-state index contributed by atoms with van der Waals surface area (Å²) in [4.78, 5) is 25.8. The highest BCUT2D eigenvalue weighted by Gasteiger charge is 2.31. The molecule has 0 aliphatic carbocycles. The van der Waals surface area contributed by atoms with Crippen LogP contribution in [0.15, 0.2) is 88.2 Å². The number of sulfonamides is 1. The van der Waals surface area contributed by atoms with Gasteiger partial charge in [0.05, 0.1) is 17.2 Å². The van der Waals surface area contributed by atoms with Crippen LogP contribution in [-0.4, -0.2) is 26.9 Å². The van der Waals surface area contributed by atoms with Crippen LogP contribution in [-0.2, 0) is 19.6 Å². The maximum absolute atomic E-state index is 13.7. The fraction of sp³-hybridized carbons (Fsp3) is 0.111. The lowest BCUT2D eigenvalue weighted by molar-refractivity contribution is -0.113. The number of amides is 1. The number of nitrogens with zero attached hydrogens (tertiary/aromatic N) is 1. The van der Waals surface area contributed by atoms with Crippen molar-refractivity contribution in [1.29, 1.82) is 0 Å². The minimum atomic E-state index is -4.35. The number of halogens is 1. The highest BCUT2D eigenvalue weighted by Crippen LogP contribution is 2.33. The molecule has 0 bridgehead atoms. The third-order valence-corrected chi connectivity index (χ3v) is 7.32. The van der Waals surface area contributed by atoms with Crippen LogP contribution in [0.4, 0.5) is 5.69 Å². The third kappa shape index (κ3) is 5.05. The van der Waals surface area contributed by atoms with Crippen molar-refractivity contribution < 1.29 is 27.2 Å². The van der Waals surface area contributed by atoms with E-state index in [1.54, 1.807) is 38.1 Å². The van der Waals surface area contributed by atoms with Crippen LogP contribution in [0.1, 0.15) is 28.6 Å². The van der Waals surface area contributed by atoms with Gasteiger partial charge in [-0.3, -0.25) is 4.79 Å². The van der Waals surface area contributed by atoms with Gasteiger partial charge in [-0.2, -0.15) is 4.31 Å². The summed E-state index contributed by atoms with van der Waals surface area (Å²) in [5.74, 6) is -1.08. The fourth-order valence-electron chi connectivity index (χ4n) is 3.69. The zero-order chi connectivity index (χ0) is 25.9. The summed E-state index contributed by atoms with van der Waals surface area (Å²) in [5, 5.41) is 0.685. The fourth-order valence-corrected chi connectivity index (χ4v) is 5.19. The average Bonchev–Trinajstić information content (AvgIpc) is 3.19. The number of benzene rings is 3. The molecule has 1 aromatic heterocycles. The predicted molar refractivity (Wildman–Crippen MR) is 139 cm³/mol. The van der Waals surface area contributed by atoms with Crippen molar-refractivity contribution >= 4 is 56.2 Å². The van der Waals surface area contributed by atoms with Crippen molar-refractivity contribution in [2.24, 2.45) is 0 Å². The molecule has 0 saturated heterocycles. The molecule has 0 spiro atoms. The predicted octanol–water partition coefficient (Wildman–Crippen LogP) is 6.01. The molecule has 0 unspecified atom stereocenters. The summed E-state index contributed by atoms with van der Waals surface area (Å²) < 4.78 is 38.8. The van der Waals surface area contributed by atoms with Gasteiger partial charge >= 0.3 is 5.97 Å². The summed E-state index contributed by atoms with van der Waals surface area (Å²) in [7, 11) is -4.35. The van der Waals surface area contributed by atoms with Crippen LogP contribution >= 0.6 is 11.6 Å². The van der Waals surface area contributed by atoms with Crippen molar-refractivity contribution in [2.45, 2.75) is 18.7 Å². The van der Waals surface area contributed by atoms with Gasteiger partial charge in [-0.1, -0.05) is 41.9 Å². The Morgan fingerprint density at radius 1 is 1.03 bits per heavy atom. The topological polar surface area (TPSA) is 93.9 Å². The Morgan fingerprint density at radius 3 is 2.39 bits per heavy atom. The molecular formula is C27H22ClNO6S. The minimum Gasteiger partial charge on any atom is -0.462 e. The van der Waals surface area contributed by atoms with Crippen molar-refractivity contribution in [2.75, 3.05) is 10.9 Å². The summed E-state index contributed by atoms with van der Waals surface area (Å²) in [5.41, 5.74) is 1.28. The number of rotatable bonds is 7. The third-order valence-electron chi connectivity index (χ3n) is 5.33. The SMILES string of the molecule is CCOC(=O)c1c(C)oc2ccc(N(C(=O)/C=C/c3ccccc3)S(=O)(=O)c3ccc(Cl)cc3)cc12. The number of anilines is 1. The Balaban J connectivity index is 1.87. The van der Waals surface area contributed by atoms with Gasteiger partial charge in [-0.05, 0) is 68.0 Å². The molecule has 3 aromatic carbocycles. The molecule has 0 aliphatic rings. The van der Waals surface area contributed by atoms with Crippen molar-refractivity contribution in [3.8, 4) is 0 Å². The second-order valence-corrected chi connectivity index (χ2v) is 9.96. The summed E-state index contributed by atoms with van der Waals surface area (Å²) in [6.07, 6.45) is 2.71. The summed E-state index contributed by atoms with van der Waals surface area (Å²) >= 11 is 5.94. The number of carbonyl (C=O) groups excluding carboxylic acids is 2. The van der Waals surface area contributed by atoms with Crippen LogP contribution < -0.4 is 4.31 Å². The van der Waals surface area contributed by atoms with Crippen LogP contribution in [0.3, 0.4) is 0 Å². The molecule has 7 nitrogen and oxygen atoms in total. The molecule has 0 fully saturated rings. The van der Waals surface area contributed by atoms with Crippen LogP contribution in [0, 0.1) is 6.92 Å². The first-order valence-electron chi connectivity index (χ1n) is 11.0. The Kier molecular flexibility index (Phi) is 7.28. The number of ether oxygens (including phenoxy) is 1. The molecular weight excluding hydrogens is 502 g/mol. The molecule has 1 amide bonds. The van der Waals surface area contributed by atoms with E-state index < -0.39 is 21.9 Å². The van der Waals surface area contributed by atoms with Gasteiger partial charge in [0.2, 0.25) is 0 Å². The first-order chi connectivity index (χ1) is 17.2. The lowest BCUT2D eigenvalue weighted by Crippen LogP contribution is -2.35. The quantitative estimate of drug-likeness (QED) is 0.217. The van der Waals surface area contributed by atoms with Gasteiger partial charge in [-0.15, -0.1) is 0 Å². The van der Waals surface area contributed by atoms with Gasteiger partial charge in [0.25, 0.3) is 15.9 Å². The van der Waals surface area contributed by atoms with Crippen molar-refractivity contribution in [3.63, 3.8) is 0 Å². The Morgan fingerprint density at radius 2 is 1.72 bits per heavy atom. The van der Waals surface area contributed by atoms with E-state index in [4.69, 9.17) is 20.8 Å². The van der Waals surface area contributed by atoms with Gasteiger partial charge in [0.15, 0.2) is 0 Å². The molecule has 36 heavy (non-hydrogen) atoms. The first-order valence-corrected chi connectivity index (χ1v) is 12.8. The number of esters is 1. The second-order valence-electron chi connectivity index (χ2n) is 7.74. The number of aryl methyl sites for hydroxylation is 1. The largest absolute Gasteiger partial charge is 0.462 e. The van der Waals surface area contributed by atoms with Gasteiger partial charge in [-0.25, -0.2) is 13.2 Å². The van der Waals surface area contributed by atoms with E-state index >= 15 is 0 Å². The van der Waals surface area contributed by atoms with E-state index in [0.29, 0.717) is 26.1 Å².